The van der Waals surface area contributed by atoms with Crippen molar-refractivity contribution in [2.75, 3.05) is 11.9 Å². The number of fused-ring (bicyclic) bond motifs is 2. The molecular formula is C20H23N7O. The maximum absolute atomic E-state index is 9.94. The summed E-state index contributed by atoms with van der Waals surface area (Å²) in [6.45, 7) is 0.937. The Morgan fingerprint density at radius 3 is 2.61 bits per heavy atom. The van der Waals surface area contributed by atoms with Crippen molar-refractivity contribution in [3.05, 3.63) is 42.6 Å². The average molecular weight is 377 g/mol. The van der Waals surface area contributed by atoms with Gasteiger partial charge in [0, 0.05) is 18.6 Å². The second-order valence-electron chi connectivity index (χ2n) is 7.67. The quantitative estimate of drug-likeness (QED) is 0.627. The van der Waals surface area contributed by atoms with Gasteiger partial charge in [-0.2, -0.15) is 5.10 Å². The first-order valence-electron chi connectivity index (χ1n) is 9.79. The Kier molecular flexibility index (Phi) is 4.40. The Bertz CT molecular complexity index is 943. The number of aromatic hydroxyl groups is 1. The summed E-state index contributed by atoms with van der Waals surface area (Å²) in [6.07, 6.45) is 6.73. The maximum atomic E-state index is 9.94. The molecule has 2 aliphatic heterocycles. The molecule has 2 aliphatic rings. The van der Waals surface area contributed by atoms with Crippen LogP contribution in [0, 0.1) is 5.92 Å². The Labute approximate surface area is 163 Å². The van der Waals surface area contributed by atoms with E-state index < -0.39 is 0 Å². The molecule has 0 saturated carbocycles. The topological polar surface area (TPSA) is 101 Å². The molecule has 8 nitrogen and oxygen atoms in total. The number of rotatable bonds is 5. The normalized spacial score (nSPS) is 23.6. The van der Waals surface area contributed by atoms with E-state index in [0.29, 0.717) is 35.1 Å². The third-order valence-corrected chi connectivity index (χ3v) is 5.66. The van der Waals surface area contributed by atoms with Crippen LogP contribution in [0.5, 0.6) is 5.75 Å². The molecule has 8 heteroatoms. The molecule has 0 amide bonds. The predicted octanol–water partition coefficient (Wildman–Crippen LogP) is 2.37. The average Bonchev–Trinajstić information content (AvgIpc) is 3.34. The van der Waals surface area contributed by atoms with E-state index in [4.69, 9.17) is 0 Å². The highest BCUT2D eigenvalue weighted by Gasteiger charge is 2.33. The summed E-state index contributed by atoms with van der Waals surface area (Å²) < 4.78 is 0. The molecule has 4 heterocycles. The van der Waals surface area contributed by atoms with Gasteiger partial charge in [0.05, 0.1) is 6.20 Å². The number of piperidine rings is 1. The van der Waals surface area contributed by atoms with Gasteiger partial charge in [-0.25, -0.2) is 0 Å². The van der Waals surface area contributed by atoms with Gasteiger partial charge in [0.25, 0.3) is 0 Å². The fourth-order valence-electron chi connectivity index (χ4n) is 4.28. The monoisotopic (exact) mass is 377 g/mol. The number of benzene rings is 1. The number of hydrogen-bond donors (Lipinski definition) is 3. The van der Waals surface area contributed by atoms with Gasteiger partial charge in [-0.3, -0.25) is 0 Å². The van der Waals surface area contributed by atoms with Crippen molar-refractivity contribution in [1.82, 2.24) is 30.5 Å². The van der Waals surface area contributed by atoms with Gasteiger partial charge in [-0.15, -0.1) is 20.1 Å². The lowest BCUT2D eigenvalue weighted by Gasteiger charge is -2.29. The second-order valence-corrected chi connectivity index (χ2v) is 7.67. The van der Waals surface area contributed by atoms with Crippen LogP contribution in [0.25, 0.3) is 17.1 Å². The number of anilines is 1. The van der Waals surface area contributed by atoms with Gasteiger partial charge in [0.2, 0.25) is 0 Å². The Balaban J connectivity index is 1.24. The molecule has 0 aliphatic carbocycles. The predicted molar refractivity (Wildman–Crippen MR) is 105 cm³/mol. The van der Waals surface area contributed by atoms with Crippen molar-refractivity contribution in [2.45, 2.75) is 37.8 Å². The Morgan fingerprint density at radius 1 is 1.04 bits per heavy atom. The summed E-state index contributed by atoms with van der Waals surface area (Å²) in [5.41, 5.74) is 1.78. The van der Waals surface area contributed by atoms with E-state index in [9.17, 15) is 5.11 Å². The Morgan fingerprint density at radius 2 is 1.86 bits per heavy atom. The number of hydrogen-bond acceptors (Lipinski definition) is 7. The van der Waals surface area contributed by atoms with Crippen LogP contribution in [0.4, 0.5) is 5.82 Å². The zero-order chi connectivity index (χ0) is 18.9. The molecule has 144 valence electrons. The van der Waals surface area contributed by atoms with Crippen LogP contribution >= 0.6 is 0 Å². The van der Waals surface area contributed by atoms with E-state index in [1.807, 2.05) is 18.2 Å². The van der Waals surface area contributed by atoms with Gasteiger partial charge >= 0.3 is 0 Å². The first kappa shape index (κ1) is 17.1. The van der Waals surface area contributed by atoms with E-state index in [2.05, 4.69) is 31.0 Å². The van der Waals surface area contributed by atoms with Gasteiger partial charge < -0.3 is 15.7 Å². The highest BCUT2D eigenvalue weighted by atomic mass is 16.3. The van der Waals surface area contributed by atoms with Crippen molar-refractivity contribution in [2.24, 2.45) is 5.92 Å². The number of phenols is 1. The van der Waals surface area contributed by atoms with Crippen LogP contribution in [-0.2, 0) is 0 Å². The largest absolute Gasteiger partial charge is 0.506 e. The molecule has 3 N–H and O–H groups in total. The van der Waals surface area contributed by atoms with Gasteiger partial charge in [0.1, 0.15) is 28.6 Å². The number of aromatic nitrogens is 5. The molecular weight excluding hydrogens is 354 g/mol. The smallest absolute Gasteiger partial charge is 0.148 e. The summed E-state index contributed by atoms with van der Waals surface area (Å²) in [7, 11) is 0. The maximum Gasteiger partial charge on any atom is 0.148 e. The van der Waals surface area contributed by atoms with Crippen molar-refractivity contribution >= 4 is 5.82 Å². The number of nitrogens with one attached hydrogen (secondary N) is 2. The highest BCUT2D eigenvalue weighted by molar-refractivity contribution is 5.54. The molecule has 5 rings (SSSR count). The summed E-state index contributed by atoms with van der Waals surface area (Å²) in [5, 5.41) is 34.2. The fraction of sp³-hybridized carbons (Fsp3) is 0.400. The summed E-state index contributed by atoms with van der Waals surface area (Å²) in [4.78, 5) is 1.39. The van der Waals surface area contributed by atoms with Crippen LogP contribution in [0.3, 0.4) is 0 Å². The first-order valence-corrected chi connectivity index (χ1v) is 9.79. The minimum atomic E-state index is 0.127. The summed E-state index contributed by atoms with van der Waals surface area (Å²) >= 11 is 0. The van der Waals surface area contributed by atoms with Crippen molar-refractivity contribution in [1.29, 1.82) is 0 Å². The van der Waals surface area contributed by atoms with Gasteiger partial charge in [0.15, 0.2) is 0 Å². The van der Waals surface area contributed by atoms with E-state index in [1.165, 1.54) is 30.5 Å². The minimum Gasteiger partial charge on any atom is -0.506 e. The molecule has 2 unspecified atom stereocenters. The van der Waals surface area contributed by atoms with Crippen LogP contribution in [0.1, 0.15) is 25.7 Å². The van der Waals surface area contributed by atoms with Crippen LogP contribution < -0.4 is 10.6 Å². The molecule has 2 aromatic heterocycles. The minimum absolute atomic E-state index is 0.127. The second kappa shape index (κ2) is 7.20. The first-order chi connectivity index (χ1) is 13.7. The van der Waals surface area contributed by atoms with E-state index in [-0.39, 0.29) is 5.75 Å². The zero-order valence-corrected chi connectivity index (χ0v) is 15.5. The lowest BCUT2D eigenvalue weighted by molar-refractivity contribution is 0.311. The molecule has 2 saturated heterocycles. The van der Waals surface area contributed by atoms with E-state index >= 15 is 0 Å². The van der Waals surface area contributed by atoms with Gasteiger partial charge in [-0.1, -0.05) is 12.1 Å². The van der Waals surface area contributed by atoms with Crippen LogP contribution in [0.2, 0.25) is 0 Å². The molecule has 2 bridgehead atoms. The third-order valence-electron chi connectivity index (χ3n) is 5.66. The van der Waals surface area contributed by atoms with Crippen molar-refractivity contribution < 1.29 is 5.11 Å². The standard InChI is InChI=1S/C20H23N7O/c28-19-4-2-1-3-18(19)27-22-12-17(26-27)16-7-8-20(25-24-16)21-11-13-9-14-5-6-15(10-13)23-14/h1-4,7-8,12-15,23,28H,5-6,9-11H2,(H,21,25). The molecule has 0 radical (unpaired) electrons. The molecule has 2 fully saturated rings. The number of para-hydroxylation sites is 2. The van der Waals surface area contributed by atoms with E-state index in [0.717, 1.165) is 12.4 Å². The lowest BCUT2D eigenvalue weighted by Crippen LogP contribution is -2.40. The zero-order valence-electron chi connectivity index (χ0n) is 15.5. The van der Waals surface area contributed by atoms with Crippen LogP contribution in [0.15, 0.2) is 42.6 Å². The van der Waals surface area contributed by atoms with Crippen molar-refractivity contribution in [3.8, 4) is 22.8 Å². The molecule has 28 heavy (non-hydrogen) atoms. The summed E-state index contributed by atoms with van der Waals surface area (Å²) in [5.74, 6) is 1.60. The molecule has 2 atom stereocenters. The third kappa shape index (κ3) is 3.43. The van der Waals surface area contributed by atoms with Crippen molar-refractivity contribution in [3.63, 3.8) is 0 Å². The molecule has 0 spiro atoms. The fourth-order valence-corrected chi connectivity index (χ4v) is 4.28. The number of nitrogens with zero attached hydrogens (tertiary/aromatic N) is 5. The lowest BCUT2D eigenvalue weighted by atomic mass is 9.92. The molecule has 1 aromatic carbocycles. The summed E-state index contributed by atoms with van der Waals surface area (Å²) in [6, 6.07) is 12.2. The van der Waals surface area contributed by atoms with E-state index in [1.54, 1.807) is 24.4 Å². The van der Waals surface area contributed by atoms with Gasteiger partial charge in [-0.05, 0) is 55.9 Å². The molecule has 3 aromatic rings. The SMILES string of the molecule is Oc1ccccc1-n1ncc(-c2ccc(NCC3CC4CCC(C3)N4)nn2)n1. The Hall–Kier alpha value is -3.00. The number of phenolic OH excluding ortho intramolecular Hbond substituents is 1. The van der Waals surface area contributed by atoms with Crippen LogP contribution in [-0.4, -0.2) is 48.9 Å². The highest BCUT2D eigenvalue weighted by Crippen LogP contribution is 2.31.